The Labute approximate surface area is 200 Å². The highest BCUT2D eigenvalue weighted by molar-refractivity contribution is 5.99. The number of hydrogen-bond acceptors (Lipinski definition) is 6. The molecule has 2 amide bonds. The summed E-state index contributed by atoms with van der Waals surface area (Å²) in [6, 6.07) is 15.5. The first-order valence-corrected chi connectivity index (χ1v) is 11.4. The number of benzene rings is 2. The van der Waals surface area contributed by atoms with Crippen LogP contribution in [0.3, 0.4) is 0 Å². The smallest absolute Gasteiger partial charge is 0.321 e. The average molecular weight is 471 g/mol. The quantitative estimate of drug-likeness (QED) is 0.473. The summed E-state index contributed by atoms with van der Waals surface area (Å²) in [6.45, 7) is 2.54. The standard InChI is InChI=1S/C26H22FN5O3/c27-18-5-3-17(4-6-18)21-15-29-25(24-20(21)2-1-9-28-24)31-10-12-32(13-11-31)26(33)30-19-7-8-22-23(14-19)35-16-34-22/h1-9,14-15H,10-13,16H2,(H,30,33). The van der Waals surface area contributed by atoms with Gasteiger partial charge in [-0.1, -0.05) is 18.2 Å². The summed E-state index contributed by atoms with van der Waals surface area (Å²) in [5.74, 6) is 1.81. The van der Waals surface area contributed by atoms with E-state index in [-0.39, 0.29) is 18.6 Å². The number of rotatable bonds is 3. The number of urea groups is 1. The lowest BCUT2D eigenvalue weighted by Crippen LogP contribution is -2.50. The molecule has 0 atom stereocenters. The van der Waals surface area contributed by atoms with Gasteiger partial charge in [0, 0.05) is 61.3 Å². The second kappa shape index (κ2) is 8.75. The highest BCUT2D eigenvalue weighted by Crippen LogP contribution is 2.35. The number of ether oxygens (including phenoxy) is 2. The number of carbonyl (C=O) groups excluding carboxylic acids is 1. The van der Waals surface area contributed by atoms with Crippen molar-refractivity contribution in [2.24, 2.45) is 0 Å². The molecular weight excluding hydrogens is 449 g/mol. The van der Waals surface area contributed by atoms with Gasteiger partial charge in [0.05, 0.1) is 0 Å². The van der Waals surface area contributed by atoms with Crippen molar-refractivity contribution in [1.82, 2.24) is 14.9 Å². The van der Waals surface area contributed by atoms with Crippen molar-refractivity contribution in [2.45, 2.75) is 0 Å². The fourth-order valence-corrected chi connectivity index (χ4v) is 4.45. The lowest BCUT2D eigenvalue weighted by Gasteiger charge is -2.35. The second-order valence-electron chi connectivity index (χ2n) is 8.37. The molecular formula is C26H22FN5O3. The molecule has 2 aromatic heterocycles. The number of piperazine rings is 1. The van der Waals surface area contributed by atoms with Crippen LogP contribution in [0.15, 0.2) is 67.0 Å². The van der Waals surface area contributed by atoms with Gasteiger partial charge in [0.25, 0.3) is 0 Å². The van der Waals surface area contributed by atoms with E-state index in [9.17, 15) is 9.18 Å². The molecule has 4 heterocycles. The Kier molecular flexibility index (Phi) is 5.29. The monoisotopic (exact) mass is 471 g/mol. The minimum atomic E-state index is -0.277. The van der Waals surface area contributed by atoms with Crippen LogP contribution in [0.25, 0.3) is 22.0 Å². The first-order chi connectivity index (χ1) is 17.2. The molecule has 9 heteroatoms. The number of hydrogen-bond donors (Lipinski definition) is 1. The summed E-state index contributed by atoms with van der Waals surface area (Å²) in [6.07, 6.45) is 3.56. The predicted molar refractivity (Wildman–Crippen MR) is 130 cm³/mol. The first kappa shape index (κ1) is 21.2. The van der Waals surface area contributed by atoms with Crippen LogP contribution in [0.5, 0.6) is 11.5 Å². The Balaban J connectivity index is 1.18. The number of nitrogens with one attached hydrogen (secondary N) is 1. The second-order valence-corrected chi connectivity index (χ2v) is 8.37. The van der Waals surface area contributed by atoms with Crippen LogP contribution < -0.4 is 19.7 Å². The van der Waals surface area contributed by atoms with Gasteiger partial charge in [-0.05, 0) is 35.9 Å². The first-order valence-electron chi connectivity index (χ1n) is 11.4. The summed E-state index contributed by atoms with van der Waals surface area (Å²) in [7, 11) is 0. The van der Waals surface area contributed by atoms with Gasteiger partial charge in [-0.25, -0.2) is 14.2 Å². The fourth-order valence-electron chi connectivity index (χ4n) is 4.45. The van der Waals surface area contributed by atoms with E-state index in [1.165, 1.54) is 12.1 Å². The summed E-state index contributed by atoms with van der Waals surface area (Å²) in [5, 5.41) is 3.88. The molecule has 1 fully saturated rings. The molecule has 35 heavy (non-hydrogen) atoms. The average Bonchev–Trinajstić information content (AvgIpc) is 3.37. The number of nitrogens with zero attached hydrogens (tertiary/aromatic N) is 4. The number of halogens is 1. The molecule has 1 N–H and O–H groups in total. The fraction of sp³-hybridized carbons (Fsp3) is 0.192. The van der Waals surface area contributed by atoms with Crippen molar-refractivity contribution < 1.29 is 18.7 Å². The lowest BCUT2D eigenvalue weighted by atomic mass is 10.0. The van der Waals surface area contributed by atoms with Crippen molar-refractivity contribution in [3.63, 3.8) is 0 Å². The lowest BCUT2D eigenvalue weighted by molar-refractivity contribution is 0.174. The third-order valence-corrected chi connectivity index (χ3v) is 6.27. The van der Waals surface area contributed by atoms with Gasteiger partial charge >= 0.3 is 6.03 Å². The Morgan fingerprint density at radius 3 is 2.57 bits per heavy atom. The Morgan fingerprint density at radius 2 is 1.74 bits per heavy atom. The molecule has 0 bridgehead atoms. The van der Waals surface area contributed by atoms with E-state index in [0.717, 1.165) is 27.8 Å². The molecule has 0 unspecified atom stereocenters. The van der Waals surface area contributed by atoms with E-state index < -0.39 is 0 Å². The summed E-state index contributed by atoms with van der Waals surface area (Å²) in [4.78, 5) is 26.1. The van der Waals surface area contributed by atoms with Gasteiger partial charge in [0.15, 0.2) is 17.3 Å². The maximum absolute atomic E-state index is 13.4. The maximum atomic E-state index is 13.4. The summed E-state index contributed by atoms with van der Waals surface area (Å²) >= 11 is 0. The van der Waals surface area contributed by atoms with Crippen molar-refractivity contribution in [1.29, 1.82) is 0 Å². The zero-order chi connectivity index (χ0) is 23.8. The van der Waals surface area contributed by atoms with Crippen LogP contribution in [0, 0.1) is 5.82 Å². The molecule has 6 rings (SSSR count). The maximum Gasteiger partial charge on any atom is 0.321 e. The summed E-state index contributed by atoms with van der Waals surface area (Å²) in [5.41, 5.74) is 3.23. The van der Waals surface area contributed by atoms with Crippen LogP contribution in [0.2, 0.25) is 0 Å². The van der Waals surface area contributed by atoms with E-state index in [1.807, 2.05) is 18.3 Å². The third kappa shape index (κ3) is 4.05. The van der Waals surface area contributed by atoms with Crippen molar-refractivity contribution in [3.05, 3.63) is 72.8 Å². The molecule has 4 aromatic rings. The zero-order valence-electron chi connectivity index (χ0n) is 18.8. The van der Waals surface area contributed by atoms with E-state index in [1.54, 1.807) is 41.4 Å². The molecule has 0 radical (unpaired) electrons. The Hall–Kier alpha value is -4.40. The molecule has 0 spiro atoms. The van der Waals surface area contributed by atoms with E-state index in [0.29, 0.717) is 43.4 Å². The zero-order valence-corrected chi connectivity index (χ0v) is 18.8. The van der Waals surface area contributed by atoms with Crippen LogP contribution in [0.4, 0.5) is 20.7 Å². The largest absolute Gasteiger partial charge is 0.454 e. The topological polar surface area (TPSA) is 79.8 Å². The third-order valence-electron chi connectivity index (χ3n) is 6.27. The normalized spacial score (nSPS) is 14.9. The minimum absolute atomic E-state index is 0.161. The molecule has 2 aliphatic heterocycles. The molecule has 176 valence electrons. The van der Waals surface area contributed by atoms with Crippen molar-refractivity contribution in [2.75, 3.05) is 43.2 Å². The van der Waals surface area contributed by atoms with Gasteiger partial charge in [-0.2, -0.15) is 0 Å². The van der Waals surface area contributed by atoms with E-state index >= 15 is 0 Å². The minimum Gasteiger partial charge on any atom is -0.454 e. The Morgan fingerprint density at radius 1 is 0.943 bits per heavy atom. The van der Waals surface area contributed by atoms with Crippen LogP contribution in [-0.4, -0.2) is 53.9 Å². The van der Waals surface area contributed by atoms with Crippen LogP contribution >= 0.6 is 0 Å². The molecule has 1 saturated heterocycles. The number of carbonyl (C=O) groups is 1. The van der Waals surface area contributed by atoms with Crippen LogP contribution in [0.1, 0.15) is 0 Å². The van der Waals surface area contributed by atoms with Gasteiger partial charge in [0.1, 0.15) is 11.3 Å². The molecule has 0 saturated carbocycles. The number of anilines is 2. The highest BCUT2D eigenvalue weighted by atomic mass is 19.1. The van der Waals surface area contributed by atoms with Crippen molar-refractivity contribution in [3.8, 4) is 22.6 Å². The van der Waals surface area contributed by atoms with Gasteiger partial charge < -0.3 is 24.6 Å². The van der Waals surface area contributed by atoms with Crippen LogP contribution in [-0.2, 0) is 0 Å². The van der Waals surface area contributed by atoms with E-state index in [2.05, 4.69) is 15.2 Å². The molecule has 2 aliphatic rings. The highest BCUT2D eigenvalue weighted by Gasteiger charge is 2.24. The SMILES string of the molecule is O=C(Nc1ccc2c(c1)OCO2)N1CCN(c2ncc(-c3ccc(F)cc3)c3cccnc23)CC1. The number of amides is 2. The Bertz CT molecular complexity index is 1400. The number of fused-ring (bicyclic) bond motifs is 2. The van der Waals surface area contributed by atoms with Crippen molar-refractivity contribution >= 4 is 28.4 Å². The molecule has 2 aromatic carbocycles. The predicted octanol–water partition coefficient (Wildman–Crippen LogP) is 4.52. The van der Waals surface area contributed by atoms with Gasteiger partial charge in [0.2, 0.25) is 6.79 Å². The number of aromatic nitrogens is 2. The van der Waals surface area contributed by atoms with Gasteiger partial charge in [-0.15, -0.1) is 0 Å². The van der Waals surface area contributed by atoms with Gasteiger partial charge in [-0.3, -0.25) is 4.98 Å². The molecule has 0 aliphatic carbocycles. The van der Waals surface area contributed by atoms with E-state index in [4.69, 9.17) is 14.5 Å². The summed E-state index contributed by atoms with van der Waals surface area (Å²) < 4.78 is 24.1. The number of pyridine rings is 2. The molecule has 8 nitrogen and oxygen atoms in total.